The van der Waals surface area contributed by atoms with Crippen LogP contribution in [0.2, 0.25) is 0 Å². The number of hydrogen-bond donors (Lipinski definition) is 0. The van der Waals surface area contributed by atoms with E-state index in [0.29, 0.717) is 17.3 Å². The van der Waals surface area contributed by atoms with E-state index in [1.807, 2.05) is 0 Å². The van der Waals surface area contributed by atoms with Crippen LogP contribution in [0.25, 0.3) is 33.4 Å². The fourth-order valence-electron chi connectivity index (χ4n) is 15.6. The molecule has 4 saturated carbocycles. The second-order valence-electron chi connectivity index (χ2n) is 21.3. The van der Waals surface area contributed by atoms with Crippen LogP contribution >= 0.6 is 0 Å². The number of hydrogen-bond acceptors (Lipinski definition) is 1. The molecule has 0 aliphatic heterocycles. The van der Waals surface area contributed by atoms with Crippen molar-refractivity contribution in [2.75, 3.05) is 4.90 Å². The molecular weight excluding hydrogens is 771 g/mol. The molecule has 1 heteroatoms. The van der Waals surface area contributed by atoms with Crippen molar-refractivity contribution in [3.63, 3.8) is 0 Å². The first-order chi connectivity index (χ1) is 31.3. The van der Waals surface area contributed by atoms with Crippen LogP contribution in [0.5, 0.6) is 0 Å². The number of benzene rings is 8. The van der Waals surface area contributed by atoms with Crippen LogP contribution in [-0.4, -0.2) is 0 Å². The van der Waals surface area contributed by atoms with Gasteiger partial charge < -0.3 is 4.90 Å². The van der Waals surface area contributed by atoms with Crippen molar-refractivity contribution in [3.05, 3.63) is 233 Å². The molecule has 8 aromatic carbocycles. The van der Waals surface area contributed by atoms with Crippen LogP contribution in [0.4, 0.5) is 17.1 Å². The van der Waals surface area contributed by atoms with Gasteiger partial charge in [-0.2, -0.15) is 0 Å². The molecule has 0 radical (unpaired) electrons. The Hall–Kier alpha value is -6.44. The van der Waals surface area contributed by atoms with Crippen molar-refractivity contribution in [3.8, 4) is 33.4 Å². The lowest BCUT2D eigenvalue weighted by atomic mass is 9.36. The first-order valence-electron chi connectivity index (χ1n) is 23.9. The molecule has 4 bridgehead atoms. The maximum atomic E-state index is 2.73. The van der Waals surface area contributed by atoms with Crippen LogP contribution in [0.15, 0.2) is 188 Å². The van der Waals surface area contributed by atoms with Gasteiger partial charge in [0.25, 0.3) is 0 Å². The van der Waals surface area contributed by atoms with E-state index in [0.717, 1.165) is 5.92 Å². The molecule has 15 rings (SSSR count). The summed E-state index contributed by atoms with van der Waals surface area (Å²) >= 11 is 0. The molecule has 0 saturated heterocycles. The Morgan fingerprint density at radius 2 is 0.875 bits per heavy atom. The quantitative estimate of drug-likeness (QED) is 0.171. The summed E-state index contributed by atoms with van der Waals surface area (Å²) in [4.78, 5) is 2.60. The van der Waals surface area contributed by atoms with E-state index in [1.54, 1.807) is 11.1 Å². The van der Waals surface area contributed by atoms with E-state index in [4.69, 9.17) is 0 Å². The zero-order chi connectivity index (χ0) is 42.6. The number of fused-ring (bicyclic) bond motifs is 12. The van der Waals surface area contributed by atoms with Gasteiger partial charge in [0.1, 0.15) is 0 Å². The fraction of sp³-hybridized carbons (Fsp3) is 0.238. The third-order valence-corrected chi connectivity index (χ3v) is 17.7. The van der Waals surface area contributed by atoms with Gasteiger partial charge in [0, 0.05) is 27.9 Å². The van der Waals surface area contributed by atoms with E-state index < -0.39 is 5.41 Å². The molecule has 4 fully saturated rings. The first-order valence-corrected chi connectivity index (χ1v) is 23.9. The molecule has 2 spiro atoms. The second-order valence-corrected chi connectivity index (χ2v) is 21.3. The molecule has 0 aromatic heterocycles. The lowest BCUT2D eigenvalue weighted by Gasteiger charge is -2.67. The molecule has 8 aromatic rings. The molecule has 2 unspecified atom stereocenters. The van der Waals surface area contributed by atoms with Crippen molar-refractivity contribution >= 4 is 17.1 Å². The lowest BCUT2D eigenvalue weighted by Crippen LogP contribution is -2.61. The highest BCUT2D eigenvalue weighted by Gasteiger charge is 2.66. The van der Waals surface area contributed by atoms with Gasteiger partial charge >= 0.3 is 0 Å². The Morgan fingerprint density at radius 3 is 1.55 bits per heavy atom. The predicted molar refractivity (Wildman–Crippen MR) is 264 cm³/mol. The van der Waals surface area contributed by atoms with Gasteiger partial charge in [-0.05, 0) is 170 Å². The third-order valence-electron chi connectivity index (χ3n) is 17.7. The summed E-state index contributed by atoms with van der Waals surface area (Å²) in [6, 6.07) is 72.9. The largest absolute Gasteiger partial charge is 0.310 e. The summed E-state index contributed by atoms with van der Waals surface area (Å²) < 4.78 is 0. The smallest absolute Gasteiger partial charge is 0.0719 e. The summed E-state index contributed by atoms with van der Waals surface area (Å²) in [5.41, 5.74) is 23.2. The van der Waals surface area contributed by atoms with E-state index in [1.165, 1.54) is 116 Å². The van der Waals surface area contributed by atoms with Crippen LogP contribution < -0.4 is 4.90 Å². The standard InChI is InChI=1S/C63H53N/c1-60(2)52-23-10-7-20-48(52)51-30-28-46(35-58(51)60)64(45-19-15-18-42(34-45)41-16-5-4-6-17-41)47-29-31-57-59(36-47)62(43-32-40-33-44(62)39-61(3,37-40)38-43)55-26-13-14-27-56(55)63(57)53-24-11-8-21-49(53)50-22-9-12-25-54(50)63/h4-31,34-36,40,43-44H,32-33,37-39H2,1-3H3/t40-,43+,44-,61?,62?. The number of anilines is 3. The topological polar surface area (TPSA) is 3.24 Å². The summed E-state index contributed by atoms with van der Waals surface area (Å²) in [5, 5.41) is 0. The highest BCUT2D eigenvalue weighted by Crippen LogP contribution is 2.74. The zero-order valence-electron chi connectivity index (χ0n) is 37.1. The molecule has 64 heavy (non-hydrogen) atoms. The molecular formula is C63H53N. The minimum atomic E-state index is -0.414. The SMILES string of the molecule is CC12C[C@H]3C[C@H](C1)C1(c4ccccc4C4(c5ccccc5-c5ccccc54)c4ccc(N(c5cccc(-c6ccccc6)c5)c5ccc6c(c5)C(C)(C)c5ccccc5-6)cc41)[C@@H](C3)C2. The molecule has 0 amide bonds. The zero-order valence-corrected chi connectivity index (χ0v) is 37.1. The Kier molecular flexibility index (Phi) is 7.43. The van der Waals surface area contributed by atoms with Crippen LogP contribution in [0.1, 0.15) is 97.4 Å². The molecule has 5 atom stereocenters. The van der Waals surface area contributed by atoms with E-state index in [-0.39, 0.29) is 10.8 Å². The van der Waals surface area contributed by atoms with Gasteiger partial charge in [0.15, 0.2) is 0 Å². The monoisotopic (exact) mass is 823 g/mol. The van der Waals surface area contributed by atoms with E-state index >= 15 is 0 Å². The maximum absolute atomic E-state index is 2.73. The molecule has 310 valence electrons. The van der Waals surface area contributed by atoms with Gasteiger partial charge in [-0.1, -0.05) is 172 Å². The van der Waals surface area contributed by atoms with Crippen molar-refractivity contribution < 1.29 is 0 Å². The lowest BCUT2D eigenvalue weighted by molar-refractivity contribution is -0.0919. The van der Waals surface area contributed by atoms with Crippen LogP contribution in [0, 0.1) is 23.2 Å². The molecule has 1 nitrogen and oxygen atoms in total. The van der Waals surface area contributed by atoms with Gasteiger partial charge in [-0.15, -0.1) is 0 Å². The minimum absolute atomic E-state index is 0.0742. The van der Waals surface area contributed by atoms with Gasteiger partial charge in [0.05, 0.1) is 5.41 Å². The fourth-order valence-corrected chi connectivity index (χ4v) is 15.6. The van der Waals surface area contributed by atoms with Crippen LogP contribution in [-0.2, 0) is 16.2 Å². The van der Waals surface area contributed by atoms with Gasteiger partial charge in [0.2, 0.25) is 0 Å². The molecule has 0 heterocycles. The highest BCUT2D eigenvalue weighted by atomic mass is 15.1. The van der Waals surface area contributed by atoms with Crippen molar-refractivity contribution in [2.24, 2.45) is 23.2 Å². The Morgan fingerprint density at radius 1 is 0.375 bits per heavy atom. The highest BCUT2D eigenvalue weighted by molar-refractivity contribution is 5.91. The second kappa shape index (κ2) is 12.9. The summed E-state index contributed by atoms with van der Waals surface area (Å²) in [6.45, 7) is 7.45. The average Bonchev–Trinajstić information content (AvgIpc) is 3.74. The molecule has 7 aliphatic rings. The summed E-state index contributed by atoms with van der Waals surface area (Å²) in [6.07, 6.45) is 6.67. The van der Waals surface area contributed by atoms with E-state index in [2.05, 4.69) is 214 Å². The average molecular weight is 824 g/mol. The van der Waals surface area contributed by atoms with Gasteiger partial charge in [-0.25, -0.2) is 0 Å². The molecule has 7 aliphatic carbocycles. The van der Waals surface area contributed by atoms with Crippen molar-refractivity contribution in [1.29, 1.82) is 0 Å². The first kappa shape index (κ1) is 37.0. The molecule has 0 N–H and O–H groups in total. The minimum Gasteiger partial charge on any atom is -0.310 e. The Bertz CT molecular complexity index is 3180. The Balaban J connectivity index is 1.07. The number of rotatable bonds is 4. The predicted octanol–water partition coefficient (Wildman–Crippen LogP) is 15.9. The maximum Gasteiger partial charge on any atom is 0.0719 e. The van der Waals surface area contributed by atoms with Crippen molar-refractivity contribution in [2.45, 2.75) is 69.1 Å². The summed E-state index contributed by atoms with van der Waals surface area (Å²) in [5.74, 6) is 2.02. The number of nitrogens with zero attached hydrogens (tertiary/aromatic N) is 1. The van der Waals surface area contributed by atoms with E-state index in [9.17, 15) is 0 Å². The van der Waals surface area contributed by atoms with Gasteiger partial charge in [-0.3, -0.25) is 0 Å². The summed E-state index contributed by atoms with van der Waals surface area (Å²) in [7, 11) is 0. The van der Waals surface area contributed by atoms with Crippen molar-refractivity contribution in [1.82, 2.24) is 0 Å². The normalized spacial score (nSPS) is 25.0. The third kappa shape index (κ3) is 4.65. The van der Waals surface area contributed by atoms with Crippen LogP contribution in [0.3, 0.4) is 0 Å². The Labute approximate surface area is 378 Å².